The summed E-state index contributed by atoms with van der Waals surface area (Å²) in [5.41, 5.74) is 0. The van der Waals surface area contributed by atoms with Crippen LogP contribution in [0.5, 0.6) is 0 Å². The first-order chi connectivity index (χ1) is 3.27. The molecule has 7 heavy (non-hydrogen) atoms. The summed E-state index contributed by atoms with van der Waals surface area (Å²) in [6, 6.07) is 0. The van der Waals surface area contributed by atoms with E-state index in [0.717, 1.165) is 12.5 Å². The van der Waals surface area contributed by atoms with E-state index in [2.05, 4.69) is 13.8 Å². The molecule has 2 heteroatoms. The van der Waals surface area contributed by atoms with Crippen molar-refractivity contribution in [2.75, 3.05) is 6.61 Å². The van der Waals surface area contributed by atoms with Crippen LogP contribution in [0, 0.1) is 5.92 Å². The second kappa shape index (κ2) is 4.82. The summed E-state index contributed by atoms with van der Waals surface area (Å²) < 4.78 is 4.85. The molecule has 0 unspecified atom stereocenters. The van der Waals surface area contributed by atoms with Crippen LogP contribution in [0.3, 0.4) is 0 Å². The Balaban J connectivity index is 2.68. The van der Waals surface area contributed by atoms with Gasteiger partial charge in [0, 0.05) is 0 Å². The van der Waals surface area contributed by atoms with E-state index >= 15 is 0 Å². The Morgan fingerprint density at radius 2 is 2.14 bits per heavy atom. The van der Waals surface area contributed by atoms with Crippen LogP contribution in [-0.4, -0.2) is 6.61 Å². The molecule has 0 heterocycles. The molecular formula is C5H11OTi. The van der Waals surface area contributed by atoms with E-state index in [1.54, 1.807) is 20.8 Å². The van der Waals surface area contributed by atoms with E-state index in [4.69, 9.17) is 3.32 Å². The summed E-state index contributed by atoms with van der Waals surface area (Å²) in [4.78, 5) is 0. The quantitative estimate of drug-likeness (QED) is 0.533. The Morgan fingerprint density at radius 3 is 2.29 bits per heavy atom. The van der Waals surface area contributed by atoms with Crippen molar-refractivity contribution >= 4 is 0 Å². The predicted octanol–water partition coefficient (Wildman–Crippen LogP) is 1.51. The topological polar surface area (TPSA) is 9.23 Å². The van der Waals surface area contributed by atoms with Crippen LogP contribution in [0.2, 0.25) is 0 Å². The van der Waals surface area contributed by atoms with Gasteiger partial charge in [-0.15, -0.1) is 0 Å². The molecule has 0 atom stereocenters. The first-order valence-electron chi connectivity index (χ1n) is 2.56. The van der Waals surface area contributed by atoms with Crippen molar-refractivity contribution < 1.29 is 24.1 Å². The van der Waals surface area contributed by atoms with Crippen molar-refractivity contribution in [3.63, 3.8) is 0 Å². The van der Waals surface area contributed by atoms with E-state index in [0.29, 0.717) is 0 Å². The minimum absolute atomic E-state index is 0.778. The van der Waals surface area contributed by atoms with Gasteiger partial charge in [-0.2, -0.15) is 0 Å². The zero-order chi connectivity index (χ0) is 5.70. The molecule has 0 aromatic rings. The molecule has 0 saturated carbocycles. The van der Waals surface area contributed by atoms with Gasteiger partial charge in [-0.25, -0.2) is 0 Å². The standard InChI is InChI=1S/C5H11O.Ti/c1-5(2)3-4-6;/h5H,3-4H2,1-2H3;/q-1;+1. The molecule has 0 spiro atoms. The van der Waals surface area contributed by atoms with Crippen molar-refractivity contribution in [3.8, 4) is 0 Å². The van der Waals surface area contributed by atoms with Crippen LogP contribution in [-0.2, 0) is 24.1 Å². The van der Waals surface area contributed by atoms with Crippen LogP contribution >= 0.6 is 0 Å². The molecule has 0 N–H and O–H groups in total. The Morgan fingerprint density at radius 1 is 1.57 bits per heavy atom. The van der Waals surface area contributed by atoms with Gasteiger partial charge in [0.15, 0.2) is 0 Å². The zero-order valence-electron chi connectivity index (χ0n) is 4.90. The van der Waals surface area contributed by atoms with E-state index in [1.807, 2.05) is 0 Å². The van der Waals surface area contributed by atoms with Gasteiger partial charge in [-0.3, -0.25) is 0 Å². The predicted molar refractivity (Wildman–Crippen MR) is 25.4 cm³/mol. The number of rotatable bonds is 3. The first-order valence-corrected chi connectivity index (χ1v) is 3.19. The van der Waals surface area contributed by atoms with Gasteiger partial charge in [0.05, 0.1) is 0 Å². The monoisotopic (exact) mass is 135 g/mol. The van der Waals surface area contributed by atoms with Crippen LogP contribution in [0.25, 0.3) is 0 Å². The van der Waals surface area contributed by atoms with Gasteiger partial charge in [-0.05, 0) is 0 Å². The van der Waals surface area contributed by atoms with Crippen molar-refractivity contribution in [2.45, 2.75) is 20.3 Å². The second-order valence-corrected chi connectivity index (χ2v) is 2.48. The van der Waals surface area contributed by atoms with Crippen LogP contribution in [0.15, 0.2) is 0 Å². The number of hydrogen-bond donors (Lipinski definition) is 0. The molecule has 0 aliphatic rings. The van der Waals surface area contributed by atoms with E-state index in [-0.39, 0.29) is 0 Å². The third-order valence-corrected chi connectivity index (χ3v) is 1.12. The van der Waals surface area contributed by atoms with Crippen LogP contribution in [0.1, 0.15) is 20.3 Å². The van der Waals surface area contributed by atoms with E-state index in [9.17, 15) is 0 Å². The normalized spacial score (nSPS) is 10.0. The Hall–Kier alpha value is 0.674. The van der Waals surface area contributed by atoms with Crippen molar-refractivity contribution in [2.24, 2.45) is 5.92 Å². The average molecular weight is 135 g/mol. The van der Waals surface area contributed by atoms with E-state index < -0.39 is 0 Å². The molecule has 1 nitrogen and oxygen atoms in total. The SMILES string of the molecule is CC(C)CC[O][Ti]. The maximum absolute atomic E-state index is 4.85. The summed E-state index contributed by atoms with van der Waals surface area (Å²) in [5, 5.41) is 0. The molecule has 0 bridgehead atoms. The third kappa shape index (κ3) is 6.67. The van der Waals surface area contributed by atoms with Crippen LogP contribution in [0.4, 0.5) is 0 Å². The molecule has 0 rings (SSSR count). The molecule has 0 aliphatic heterocycles. The van der Waals surface area contributed by atoms with Crippen molar-refractivity contribution in [1.82, 2.24) is 0 Å². The van der Waals surface area contributed by atoms with Crippen molar-refractivity contribution in [1.29, 1.82) is 0 Å². The molecule has 0 amide bonds. The fourth-order valence-electron chi connectivity index (χ4n) is 0.295. The molecule has 0 saturated heterocycles. The summed E-state index contributed by atoms with van der Waals surface area (Å²) >= 11 is 1.74. The summed E-state index contributed by atoms with van der Waals surface area (Å²) in [5.74, 6) is 0.778. The fraction of sp³-hybridized carbons (Fsp3) is 1.00. The molecule has 0 aliphatic carbocycles. The van der Waals surface area contributed by atoms with E-state index in [1.165, 1.54) is 6.42 Å². The second-order valence-electron chi connectivity index (χ2n) is 2.03. The van der Waals surface area contributed by atoms with Gasteiger partial charge in [-0.1, -0.05) is 0 Å². The molecule has 0 aromatic carbocycles. The van der Waals surface area contributed by atoms with Gasteiger partial charge < -0.3 is 0 Å². The minimum atomic E-state index is 0.778. The first kappa shape index (κ1) is 7.67. The van der Waals surface area contributed by atoms with Gasteiger partial charge in [0.1, 0.15) is 0 Å². The van der Waals surface area contributed by atoms with Gasteiger partial charge in [0.2, 0.25) is 0 Å². The number of hydrogen-bond acceptors (Lipinski definition) is 1. The van der Waals surface area contributed by atoms with Crippen LogP contribution < -0.4 is 0 Å². The molecule has 41 valence electrons. The molecular weight excluding hydrogens is 124 g/mol. The Bertz CT molecular complexity index is 37.1. The third-order valence-electron chi connectivity index (χ3n) is 0.797. The molecule has 0 aromatic heterocycles. The fourth-order valence-corrected chi connectivity index (χ4v) is 0.479. The average Bonchev–Trinajstić information content (AvgIpc) is 1.61. The zero-order valence-corrected chi connectivity index (χ0v) is 6.46. The maximum atomic E-state index is 4.85. The molecule has 0 radical (unpaired) electrons. The Kier molecular flexibility index (Phi) is 5.29. The van der Waals surface area contributed by atoms with Gasteiger partial charge >= 0.3 is 56.9 Å². The van der Waals surface area contributed by atoms with Crippen molar-refractivity contribution in [3.05, 3.63) is 0 Å². The molecule has 0 fully saturated rings. The van der Waals surface area contributed by atoms with Gasteiger partial charge in [0.25, 0.3) is 0 Å². The summed E-state index contributed by atoms with van der Waals surface area (Å²) in [7, 11) is 0. The summed E-state index contributed by atoms with van der Waals surface area (Å²) in [6.07, 6.45) is 1.18. The summed E-state index contributed by atoms with van der Waals surface area (Å²) in [6.45, 7) is 5.29. The Labute approximate surface area is 57.3 Å².